The molecule has 134 valence electrons. The third kappa shape index (κ3) is 3.33. The molecule has 1 aromatic carbocycles. The van der Waals surface area contributed by atoms with Crippen LogP contribution in [-0.4, -0.2) is 42.1 Å². The lowest BCUT2D eigenvalue weighted by atomic mass is 10.1. The molecule has 1 N–H and O–H groups in total. The monoisotopic (exact) mass is 352 g/mol. The number of benzene rings is 1. The lowest BCUT2D eigenvalue weighted by molar-refractivity contribution is 0.0932. The van der Waals surface area contributed by atoms with Gasteiger partial charge in [-0.3, -0.25) is 4.79 Å². The number of anilines is 1. The summed E-state index contributed by atoms with van der Waals surface area (Å²) in [6.45, 7) is 1.51. The molecule has 0 spiro atoms. The molecule has 1 unspecified atom stereocenters. The summed E-state index contributed by atoms with van der Waals surface area (Å²) in [5, 5.41) is 3.10. The summed E-state index contributed by atoms with van der Waals surface area (Å²) in [6.07, 6.45) is 3.58. The van der Waals surface area contributed by atoms with E-state index in [1.54, 1.807) is 37.6 Å². The van der Waals surface area contributed by atoms with E-state index < -0.39 is 0 Å². The Balaban J connectivity index is 1.43. The highest BCUT2D eigenvalue weighted by Gasteiger charge is 2.25. The van der Waals surface area contributed by atoms with Crippen molar-refractivity contribution in [2.45, 2.75) is 18.9 Å². The number of nitrogens with zero attached hydrogens (tertiary/aromatic N) is 3. The summed E-state index contributed by atoms with van der Waals surface area (Å²) in [5.74, 6) is 0.647. The van der Waals surface area contributed by atoms with E-state index in [1.807, 2.05) is 12.1 Å². The normalized spacial score (nSPS) is 17.3. The molecule has 0 radical (unpaired) electrons. The van der Waals surface area contributed by atoms with Crippen molar-refractivity contribution in [1.82, 2.24) is 15.3 Å². The van der Waals surface area contributed by atoms with Gasteiger partial charge in [0.05, 0.1) is 7.11 Å². The number of aromatic nitrogens is 2. The topological polar surface area (TPSA) is 80.5 Å². The smallest absolute Gasteiger partial charge is 0.300 e. The van der Waals surface area contributed by atoms with Gasteiger partial charge in [-0.25, -0.2) is 4.98 Å². The van der Waals surface area contributed by atoms with Crippen LogP contribution in [0.15, 0.2) is 47.0 Å². The molecule has 7 heteroatoms. The number of fused-ring (bicyclic) bond motifs is 1. The Morgan fingerprint density at radius 3 is 2.92 bits per heavy atom. The number of rotatable bonds is 4. The fourth-order valence-electron chi connectivity index (χ4n) is 3.17. The zero-order valence-corrected chi connectivity index (χ0v) is 14.5. The molecular weight excluding hydrogens is 332 g/mol. The Morgan fingerprint density at radius 1 is 1.31 bits per heavy atom. The Kier molecular flexibility index (Phi) is 4.43. The molecule has 1 atom stereocenters. The first-order valence-corrected chi connectivity index (χ1v) is 8.64. The summed E-state index contributed by atoms with van der Waals surface area (Å²) in [7, 11) is 1.60. The number of nitrogens with one attached hydrogen (secondary N) is 1. The predicted molar refractivity (Wildman–Crippen MR) is 97.5 cm³/mol. The van der Waals surface area contributed by atoms with Gasteiger partial charge in [-0.1, -0.05) is 0 Å². The third-order valence-corrected chi connectivity index (χ3v) is 4.53. The Bertz CT molecular complexity index is 874. The number of pyridine rings is 1. The molecule has 3 aromatic rings. The van der Waals surface area contributed by atoms with Crippen LogP contribution in [0.25, 0.3) is 11.2 Å². The highest BCUT2D eigenvalue weighted by molar-refractivity contribution is 5.94. The van der Waals surface area contributed by atoms with Gasteiger partial charge in [0.1, 0.15) is 5.75 Å². The van der Waals surface area contributed by atoms with E-state index in [1.165, 1.54) is 0 Å². The fourth-order valence-corrected chi connectivity index (χ4v) is 3.17. The van der Waals surface area contributed by atoms with Crippen LogP contribution in [0.1, 0.15) is 23.2 Å². The second-order valence-electron chi connectivity index (χ2n) is 6.31. The van der Waals surface area contributed by atoms with Gasteiger partial charge in [-0.2, -0.15) is 4.98 Å². The maximum absolute atomic E-state index is 12.5. The van der Waals surface area contributed by atoms with Crippen LogP contribution in [-0.2, 0) is 0 Å². The van der Waals surface area contributed by atoms with Crippen LogP contribution in [0, 0.1) is 0 Å². The Morgan fingerprint density at radius 2 is 2.15 bits per heavy atom. The zero-order chi connectivity index (χ0) is 17.9. The van der Waals surface area contributed by atoms with Crippen molar-refractivity contribution in [2.75, 3.05) is 25.1 Å². The molecule has 7 nitrogen and oxygen atoms in total. The first-order chi connectivity index (χ1) is 12.7. The van der Waals surface area contributed by atoms with Crippen LogP contribution < -0.4 is 15.0 Å². The van der Waals surface area contributed by atoms with Crippen molar-refractivity contribution in [3.05, 3.63) is 48.2 Å². The standard InChI is InChI=1S/C19H20N4O3/c1-25-15-8-6-13(7-9-15)18(24)21-14-4-3-11-23(12-14)19-22-17-16(26-19)5-2-10-20-17/h2,5-10,14H,3-4,11-12H2,1H3,(H,21,24). The number of piperidine rings is 1. The van der Waals surface area contributed by atoms with Gasteiger partial charge >= 0.3 is 0 Å². The summed E-state index contributed by atoms with van der Waals surface area (Å²) in [6, 6.07) is 11.4. The third-order valence-electron chi connectivity index (χ3n) is 4.53. The highest BCUT2D eigenvalue weighted by atomic mass is 16.5. The van der Waals surface area contributed by atoms with Gasteiger partial charge in [-0.05, 0) is 49.2 Å². The zero-order valence-electron chi connectivity index (χ0n) is 14.5. The maximum atomic E-state index is 12.5. The average molecular weight is 352 g/mol. The fraction of sp³-hybridized carbons (Fsp3) is 0.316. The second-order valence-corrected chi connectivity index (χ2v) is 6.31. The maximum Gasteiger partial charge on any atom is 0.300 e. The molecule has 0 saturated carbocycles. The van der Waals surface area contributed by atoms with Crippen molar-refractivity contribution in [2.24, 2.45) is 0 Å². The summed E-state index contributed by atoms with van der Waals surface area (Å²) in [5.41, 5.74) is 1.90. The number of oxazole rings is 1. The van der Waals surface area contributed by atoms with Crippen LogP contribution in [0.2, 0.25) is 0 Å². The number of ether oxygens (including phenoxy) is 1. The Hall–Kier alpha value is -3.09. The molecule has 3 heterocycles. The molecule has 0 aliphatic carbocycles. The molecule has 1 fully saturated rings. The van der Waals surface area contributed by atoms with E-state index in [0.717, 1.165) is 25.1 Å². The SMILES string of the molecule is COc1ccc(C(=O)NC2CCCN(c3nc4ncccc4o3)C2)cc1. The van der Waals surface area contributed by atoms with Crippen LogP contribution in [0.4, 0.5) is 6.01 Å². The van der Waals surface area contributed by atoms with Gasteiger partial charge in [0.15, 0.2) is 5.58 Å². The highest BCUT2D eigenvalue weighted by Crippen LogP contribution is 2.23. The molecule has 2 aromatic heterocycles. The quantitative estimate of drug-likeness (QED) is 0.777. The van der Waals surface area contributed by atoms with Gasteiger partial charge in [-0.15, -0.1) is 0 Å². The van der Waals surface area contributed by atoms with Gasteiger partial charge in [0, 0.05) is 30.9 Å². The molecule has 4 rings (SSSR count). The van der Waals surface area contributed by atoms with Crippen LogP contribution >= 0.6 is 0 Å². The van der Waals surface area contributed by atoms with Crippen molar-refractivity contribution in [1.29, 1.82) is 0 Å². The molecular formula is C19H20N4O3. The number of hydrogen-bond donors (Lipinski definition) is 1. The molecule has 1 saturated heterocycles. The number of carbonyl (C=O) groups excluding carboxylic acids is 1. The Labute approximate surface area is 151 Å². The van der Waals surface area contributed by atoms with Gasteiger partial charge in [0.25, 0.3) is 11.9 Å². The number of amides is 1. The first kappa shape index (κ1) is 16.4. The van der Waals surface area contributed by atoms with Crippen molar-refractivity contribution >= 4 is 23.2 Å². The van der Waals surface area contributed by atoms with Crippen molar-refractivity contribution < 1.29 is 13.9 Å². The van der Waals surface area contributed by atoms with E-state index >= 15 is 0 Å². The lowest BCUT2D eigenvalue weighted by Crippen LogP contribution is -2.48. The summed E-state index contributed by atoms with van der Waals surface area (Å²) in [4.78, 5) is 23.2. The van der Waals surface area contributed by atoms with E-state index in [9.17, 15) is 4.79 Å². The summed E-state index contributed by atoms with van der Waals surface area (Å²) < 4.78 is 10.9. The minimum absolute atomic E-state index is 0.0429. The molecule has 1 amide bonds. The number of hydrogen-bond acceptors (Lipinski definition) is 6. The number of methoxy groups -OCH3 is 1. The molecule has 1 aliphatic rings. The predicted octanol–water partition coefficient (Wildman–Crippen LogP) is 2.63. The van der Waals surface area contributed by atoms with Crippen molar-refractivity contribution in [3.8, 4) is 5.75 Å². The minimum atomic E-state index is -0.0845. The second kappa shape index (κ2) is 7.03. The van der Waals surface area contributed by atoms with Gasteiger partial charge in [0.2, 0.25) is 5.65 Å². The van der Waals surface area contributed by atoms with Crippen LogP contribution in [0.5, 0.6) is 5.75 Å². The first-order valence-electron chi connectivity index (χ1n) is 8.64. The van der Waals surface area contributed by atoms with E-state index in [2.05, 4.69) is 20.2 Å². The van der Waals surface area contributed by atoms with Crippen LogP contribution in [0.3, 0.4) is 0 Å². The van der Waals surface area contributed by atoms with E-state index in [4.69, 9.17) is 9.15 Å². The molecule has 26 heavy (non-hydrogen) atoms. The number of carbonyl (C=O) groups is 1. The molecule has 1 aliphatic heterocycles. The van der Waals surface area contributed by atoms with Gasteiger partial charge < -0.3 is 19.4 Å². The lowest BCUT2D eigenvalue weighted by Gasteiger charge is -2.32. The minimum Gasteiger partial charge on any atom is -0.497 e. The summed E-state index contributed by atoms with van der Waals surface area (Å²) >= 11 is 0. The average Bonchev–Trinajstić information content (AvgIpc) is 3.12. The van der Waals surface area contributed by atoms with E-state index in [0.29, 0.717) is 29.4 Å². The molecule has 0 bridgehead atoms. The van der Waals surface area contributed by atoms with Crippen molar-refractivity contribution in [3.63, 3.8) is 0 Å². The van der Waals surface area contributed by atoms with E-state index in [-0.39, 0.29) is 11.9 Å². The largest absolute Gasteiger partial charge is 0.497 e.